The van der Waals surface area contributed by atoms with E-state index in [0.29, 0.717) is 36.3 Å². The number of pyridine rings is 1. The number of Topliss-reactive ketones (excluding diaryl/α,β-unsaturated/α-hetero) is 2. The first-order valence-corrected chi connectivity index (χ1v) is 13.4. The highest BCUT2D eigenvalue weighted by Crippen LogP contribution is 2.37. The molecular formula is C27H29N3O4S. The van der Waals surface area contributed by atoms with Crippen LogP contribution >= 0.6 is 0 Å². The molecule has 3 aromatic rings. The summed E-state index contributed by atoms with van der Waals surface area (Å²) in [4.78, 5) is 39.7. The number of fused-ring (bicyclic) bond motifs is 1. The van der Waals surface area contributed by atoms with Crippen molar-refractivity contribution in [1.82, 2.24) is 15.0 Å². The lowest BCUT2D eigenvalue weighted by Crippen LogP contribution is -2.38. The lowest BCUT2D eigenvalue weighted by atomic mass is 9.70. The van der Waals surface area contributed by atoms with Gasteiger partial charge in [-0.2, -0.15) is 0 Å². The van der Waals surface area contributed by atoms with E-state index in [0.717, 1.165) is 22.5 Å². The zero-order chi connectivity index (χ0) is 25.4. The first-order valence-electron chi connectivity index (χ1n) is 11.7. The monoisotopic (exact) mass is 491 g/mol. The number of rotatable bonds is 7. The van der Waals surface area contributed by atoms with Crippen molar-refractivity contribution in [3.63, 3.8) is 0 Å². The van der Waals surface area contributed by atoms with Crippen molar-refractivity contribution >= 4 is 21.4 Å². The van der Waals surface area contributed by atoms with Gasteiger partial charge in [-0.3, -0.25) is 14.6 Å². The van der Waals surface area contributed by atoms with E-state index in [9.17, 15) is 18.0 Å². The Kier molecular flexibility index (Phi) is 6.68. The van der Waals surface area contributed by atoms with Gasteiger partial charge < -0.3 is 0 Å². The van der Waals surface area contributed by atoms with Crippen LogP contribution in [0, 0.1) is 13.8 Å². The highest BCUT2D eigenvalue weighted by Gasteiger charge is 2.41. The van der Waals surface area contributed by atoms with Crippen LogP contribution in [0.2, 0.25) is 0 Å². The number of aryl methyl sites for hydroxylation is 4. The van der Waals surface area contributed by atoms with Crippen molar-refractivity contribution in [2.24, 2.45) is 0 Å². The van der Waals surface area contributed by atoms with E-state index in [1.54, 1.807) is 37.3 Å². The Balaban J connectivity index is 1.48. The summed E-state index contributed by atoms with van der Waals surface area (Å²) in [6.07, 6.45) is 3.49. The summed E-state index contributed by atoms with van der Waals surface area (Å²) in [6.45, 7) is 7.24. The fourth-order valence-corrected chi connectivity index (χ4v) is 5.40. The Bertz CT molecular complexity index is 1390. The number of ketones is 2. The van der Waals surface area contributed by atoms with Crippen LogP contribution in [0.1, 0.15) is 75.9 Å². The molecule has 0 saturated carbocycles. The van der Waals surface area contributed by atoms with Gasteiger partial charge in [0.05, 0.1) is 21.8 Å². The van der Waals surface area contributed by atoms with Gasteiger partial charge in [0.25, 0.3) is 0 Å². The van der Waals surface area contributed by atoms with E-state index in [4.69, 9.17) is 0 Å². The predicted molar refractivity (Wildman–Crippen MR) is 133 cm³/mol. The first kappa shape index (κ1) is 24.9. The molecule has 1 aliphatic carbocycles. The second kappa shape index (κ2) is 9.41. The number of sulfone groups is 1. The van der Waals surface area contributed by atoms with E-state index in [2.05, 4.69) is 15.0 Å². The van der Waals surface area contributed by atoms with E-state index in [1.165, 1.54) is 6.20 Å². The number of hydrogen-bond acceptors (Lipinski definition) is 7. The average Bonchev–Trinajstić information content (AvgIpc) is 2.84. The molecule has 0 radical (unpaired) electrons. The highest BCUT2D eigenvalue weighted by atomic mass is 32.2. The maximum atomic E-state index is 13.4. The molecular weight excluding hydrogens is 462 g/mol. The maximum absolute atomic E-state index is 13.4. The first-order chi connectivity index (χ1) is 16.5. The summed E-state index contributed by atoms with van der Waals surface area (Å²) in [5.41, 5.74) is 3.39. The molecule has 1 aliphatic rings. The maximum Gasteiger partial charge on any atom is 0.181 e. The summed E-state index contributed by atoms with van der Waals surface area (Å²) in [5, 5.41) is 0. The number of benzene rings is 1. The van der Waals surface area contributed by atoms with Gasteiger partial charge in [0.2, 0.25) is 0 Å². The normalized spacial score (nSPS) is 17.8. The van der Waals surface area contributed by atoms with Crippen LogP contribution in [-0.4, -0.2) is 40.7 Å². The Morgan fingerprint density at radius 1 is 1.09 bits per heavy atom. The molecule has 1 aromatic carbocycles. The van der Waals surface area contributed by atoms with Gasteiger partial charge in [-0.05, 0) is 75.4 Å². The second-order valence-corrected chi connectivity index (χ2v) is 11.6. The van der Waals surface area contributed by atoms with Crippen molar-refractivity contribution in [3.8, 4) is 0 Å². The third kappa shape index (κ3) is 4.93. The SMILES string of the molecule is CCS(=O)(=O)c1ccc(CCC(=O)c2cc3c(cn2)C(=O)C(C)(c2cc(C)nc(C)n2)CC3)cc1. The molecule has 4 rings (SSSR count). The van der Waals surface area contributed by atoms with Crippen LogP contribution in [0.25, 0.3) is 0 Å². The molecule has 7 nitrogen and oxygen atoms in total. The summed E-state index contributed by atoms with van der Waals surface area (Å²) in [5.74, 6) is 0.542. The average molecular weight is 492 g/mol. The lowest BCUT2D eigenvalue weighted by Gasteiger charge is -2.33. The molecule has 0 aliphatic heterocycles. The molecule has 0 N–H and O–H groups in total. The minimum absolute atomic E-state index is 0.0372. The Morgan fingerprint density at radius 3 is 2.46 bits per heavy atom. The van der Waals surface area contributed by atoms with Crippen LogP contribution in [-0.2, 0) is 28.1 Å². The second-order valence-electron chi connectivity index (χ2n) is 9.30. The minimum Gasteiger partial charge on any atom is -0.293 e. The summed E-state index contributed by atoms with van der Waals surface area (Å²) in [6, 6.07) is 10.3. The standard InChI is InChI=1S/C27H29N3O4S/c1-5-35(33,34)21-9-6-19(7-10-21)8-11-24(31)23-15-20-12-13-27(4,26(32)22(20)16-28-23)25-14-17(2)29-18(3)30-25/h6-7,9-10,14-16H,5,8,11-13H2,1-4H3. The molecule has 1 unspecified atom stereocenters. The van der Waals surface area contributed by atoms with Crippen molar-refractivity contribution < 1.29 is 18.0 Å². The number of nitrogens with zero attached hydrogens (tertiary/aromatic N) is 3. The summed E-state index contributed by atoms with van der Waals surface area (Å²) < 4.78 is 23.9. The van der Waals surface area contributed by atoms with Crippen LogP contribution in [0.5, 0.6) is 0 Å². The fourth-order valence-electron chi connectivity index (χ4n) is 4.52. The molecule has 0 spiro atoms. The summed E-state index contributed by atoms with van der Waals surface area (Å²) in [7, 11) is -3.24. The molecule has 2 heterocycles. The van der Waals surface area contributed by atoms with Crippen LogP contribution in [0.15, 0.2) is 47.5 Å². The van der Waals surface area contributed by atoms with Crippen molar-refractivity contribution in [1.29, 1.82) is 0 Å². The van der Waals surface area contributed by atoms with Gasteiger partial charge in [0.1, 0.15) is 11.5 Å². The number of carbonyl (C=O) groups excluding carboxylic acids is 2. The predicted octanol–water partition coefficient (Wildman–Crippen LogP) is 4.18. The van der Waals surface area contributed by atoms with Crippen molar-refractivity contribution in [2.75, 3.05) is 5.75 Å². The molecule has 8 heteroatoms. The van der Waals surface area contributed by atoms with Gasteiger partial charge in [-0.1, -0.05) is 19.1 Å². The van der Waals surface area contributed by atoms with Gasteiger partial charge in [0.15, 0.2) is 21.4 Å². The zero-order valence-electron chi connectivity index (χ0n) is 20.5. The van der Waals surface area contributed by atoms with Crippen LogP contribution in [0.4, 0.5) is 0 Å². The molecule has 35 heavy (non-hydrogen) atoms. The minimum atomic E-state index is -3.24. The van der Waals surface area contributed by atoms with Gasteiger partial charge in [-0.15, -0.1) is 0 Å². The van der Waals surface area contributed by atoms with Crippen LogP contribution in [0.3, 0.4) is 0 Å². The smallest absolute Gasteiger partial charge is 0.181 e. The number of carbonyl (C=O) groups is 2. The third-order valence-electron chi connectivity index (χ3n) is 6.75. The van der Waals surface area contributed by atoms with Crippen molar-refractivity contribution in [3.05, 3.63) is 82.2 Å². The zero-order valence-corrected chi connectivity index (χ0v) is 21.3. The van der Waals surface area contributed by atoms with E-state index < -0.39 is 15.3 Å². The quantitative estimate of drug-likeness (QED) is 0.456. The molecule has 0 amide bonds. The molecule has 182 valence electrons. The van der Waals surface area contributed by atoms with Gasteiger partial charge >= 0.3 is 0 Å². The topological polar surface area (TPSA) is 107 Å². The van der Waals surface area contributed by atoms with E-state index >= 15 is 0 Å². The number of aromatic nitrogens is 3. The third-order valence-corrected chi connectivity index (χ3v) is 8.50. The molecule has 0 bridgehead atoms. The highest BCUT2D eigenvalue weighted by molar-refractivity contribution is 7.91. The molecule has 0 saturated heterocycles. The molecule has 0 fully saturated rings. The van der Waals surface area contributed by atoms with E-state index in [-0.39, 0.29) is 28.6 Å². The summed E-state index contributed by atoms with van der Waals surface area (Å²) >= 11 is 0. The lowest BCUT2D eigenvalue weighted by molar-refractivity contribution is 0.0869. The molecule has 2 aromatic heterocycles. The van der Waals surface area contributed by atoms with Crippen LogP contribution < -0.4 is 0 Å². The Hall–Kier alpha value is -3.26. The Morgan fingerprint density at radius 2 is 1.80 bits per heavy atom. The fraction of sp³-hybridized carbons (Fsp3) is 0.370. The number of hydrogen-bond donors (Lipinski definition) is 0. The van der Waals surface area contributed by atoms with Gasteiger partial charge in [0, 0.05) is 23.9 Å². The van der Waals surface area contributed by atoms with Gasteiger partial charge in [-0.25, -0.2) is 18.4 Å². The largest absolute Gasteiger partial charge is 0.293 e. The van der Waals surface area contributed by atoms with Crippen molar-refractivity contribution in [2.45, 2.75) is 63.7 Å². The van der Waals surface area contributed by atoms with E-state index in [1.807, 2.05) is 26.8 Å². The molecule has 1 atom stereocenters. The Labute approximate surface area is 206 Å².